The van der Waals surface area contributed by atoms with Crippen molar-refractivity contribution in [3.63, 3.8) is 0 Å². The van der Waals surface area contributed by atoms with Gasteiger partial charge in [0.15, 0.2) is 0 Å². The molecule has 48 heavy (non-hydrogen) atoms. The van der Waals surface area contributed by atoms with E-state index in [-0.39, 0.29) is 51.1 Å². The molecule has 2 heterocycles. The Labute approximate surface area is 288 Å². The number of aliphatic carboxylic acids is 1. The summed E-state index contributed by atoms with van der Waals surface area (Å²) < 4.78 is 15.4. The first kappa shape index (κ1) is 35.5. The topological polar surface area (TPSA) is 136 Å². The van der Waals surface area contributed by atoms with Crippen molar-refractivity contribution in [2.75, 3.05) is 19.8 Å². The van der Waals surface area contributed by atoms with Crippen molar-refractivity contribution in [1.82, 2.24) is 14.8 Å². The zero-order valence-electron chi connectivity index (χ0n) is 31.2. The molecule has 1 aliphatic heterocycles. The molecule has 9 nitrogen and oxygen atoms in total. The lowest BCUT2D eigenvalue weighted by molar-refractivity contribution is -0.252. The van der Waals surface area contributed by atoms with Crippen LogP contribution in [0.4, 0.5) is 0 Å². The quantitative estimate of drug-likeness (QED) is 0.283. The van der Waals surface area contributed by atoms with E-state index in [1.54, 1.807) is 0 Å². The number of hydrogen-bond acceptors (Lipinski definition) is 7. The molecule has 0 unspecified atom stereocenters. The Bertz CT molecular complexity index is 1490. The van der Waals surface area contributed by atoms with Crippen LogP contribution in [-0.4, -0.2) is 57.3 Å². The molecule has 0 aromatic carbocycles. The molecule has 2 bridgehead atoms. The number of aromatic nitrogens is 3. The normalized spacial score (nSPS) is 44.1. The molecule has 3 N–H and O–H groups in total. The summed E-state index contributed by atoms with van der Waals surface area (Å²) >= 11 is 0. The van der Waals surface area contributed by atoms with Crippen molar-refractivity contribution >= 4 is 5.97 Å². The van der Waals surface area contributed by atoms with Gasteiger partial charge in [-0.2, -0.15) is 10.4 Å². The van der Waals surface area contributed by atoms with Crippen molar-refractivity contribution < 1.29 is 19.4 Å². The van der Waals surface area contributed by atoms with Gasteiger partial charge in [0.05, 0.1) is 37.9 Å². The Hall–Kier alpha value is -2.28. The van der Waals surface area contributed by atoms with Gasteiger partial charge in [-0.15, -0.1) is 0 Å². The fourth-order valence-electron chi connectivity index (χ4n) is 12.1. The van der Waals surface area contributed by atoms with E-state index in [1.807, 2.05) is 11.6 Å². The van der Waals surface area contributed by atoms with Crippen LogP contribution in [0.1, 0.15) is 120 Å². The molecule has 0 radical (unpaired) electrons. The van der Waals surface area contributed by atoms with E-state index in [1.165, 1.54) is 11.9 Å². The molecular formula is C39H61N5O4. The van der Waals surface area contributed by atoms with Gasteiger partial charge < -0.3 is 20.3 Å². The third kappa shape index (κ3) is 4.74. The van der Waals surface area contributed by atoms with Crippen LogP contribution in [0.3, 0.4) is 0 Å². The molecule has 12 atom stereocenters. The molecular weight excluding hydrogens is 602 g/mol. The van der Waals surface area contributed by atoms with Gasteiger partial charge in [0, 0.05) is 16.4 Å². The summed E-state index contributed by atoms with van der Waals surface area (Å²) in [6.07, 6.45) is 9.16. The van der Waals surface area contributed by atoms with Gasteiger partial charge in [-0.1, -0.05) is 74.0 Å². The van der Waals surface area contributed by atoms with E-state index < -0.39 is 17.4 Å². The van der Waals surface area contributed by atoms with Crippen molar-refractivity contribution in [3.8, 4) is 6.07 Å². The summed E-state index contributed by atoms with van der Waals surface area (Å²) in [5, 5.41) is 25.8. The number of ether oxygens (including phenoxy) is 2. The number of carboxylic acid groups (broad SMARTS) is 1. The molecule has 4 aliphatic carbocycles. The minimum Gasteiger partial charge on any atom is -0.481 e. The molecule has 1 aromatic heterocycles. The first-order chi connectivity index (χ1) is 22.3. The third-order valence-corrected chi connectivity index (χ3v) is 16.0. The minimum atomic E-state index is -0.642. The molecule has 0 spiro atoms. The minimum absolute atomic E-state index is 0.170. The lowest BCUT2D eigenvalue weighted by Gasteiger charge is -2.71. The largest absolute Gasteiger partial charge is 0.481 e. The predicted octanol–water partition coefficient (Wildman–Crippen LogP) is 7.04. The fraction of sp³-hybridized carbons (Fsp3) is 0.846. The summed E-state index contributed by atoms with van der Waals surface area (Å²) in [5.41, 5.74) is 6.27. The number of rotatable bonds is 8. The zero-order valence-corrected chi connectivity index (χ0v) is 31.2. The Balaban J connectivity index is 1.46. The highest BCUT2D eigenvalue weighted by Gasteiger charge is 2.72. The highest BCUT2D eigenvalue weighted by Crippen LogP contribution is 2.75. The number of carbonyl (C=O) groups is 1. The molecule has 9 heteroatoms. The van der Waals surface area contributed by atoms with E-state index in [9.17, 15) is 15.2 Å². The van der Waals surface area contributed by atoms with Gasteiger partial charge in [0.2, 0.25) is 5.82 Å². The molecule has 4 fully saturated rings. The molecule has 6 rings (SSSR count). The SMILES string of the molecule is CC(C)[C@@H](C)[C@@]1(C)CC[C@]2(C)[C@H]3CC[C@@H]4[C@@]5(COC[C@]4(C)[C@@H](OC[C@](C)(N)C(C)C)[C@H](n4ncnc4C#N)C5)C3=CC[C@@]2(C)[C@@H]1C(=O)O. The van der Waals surface area contributed by atoms with E-state index in [0.29, 0.717) is 43.4 Å². The van der Waals surface area contributed by atoms with Crippen LogP contribution in [0, 0.1) is 73.9 Å². The van der Waals surface area contributed by atoms with Crippen molar-refractivity contribution in [3.05, 3.63) is 23.8 Å². The maximum atomic E-state index is 13.4. The second-order valence-electron chi connectivity index (χ2n) is 18.6. The Morgan fingerprint density at radius 2 is 1.88 bits per heavy atom. The number of carboxylic acids is 1. The molecule has 1 aromatic rings. The standard InChI is InChI=1S/C39H61N5O4/c1-23(2)25(5)34(6)15-16-36(8)26-11-12-29-35(7)19-47-21-39(29,27(26)13-14-37(36,9)31(34)33(45)46)17-28(44-30(18-40)42-22-43-44)32(35)48-20-38(10,41)24(3)4/h13,22-26,28-29,31-32H,11-12,14-17,19-21,41H2,1-10H3,(H,45,46)/t25-,26+,28-,29+,31-,32+,34-,35+,36-,37+,38+,39+/m1/s1. The highest BCUT2D eigenvalue weighted by molar-refractivity contribution is 5.73. The van der Waals surface area contributed by atoms with Gasteiger partial charge in [-0.3, -0.25) is 4.79 Å². The smallest absolute Gasteiger partial charge is 0.307 e. The molecule has 3 saturated carbocycles. The van der Waals surface area contributed by atoms with Gasteiger partial charge in [0.25, 0.3) is 0 Å². The molecule has 5 aliphatic rings. The number of nitriles is 1. The number of allylic oxidation sites excluding steroid dienone is 1. The van der Waals surface area contributed by atoms with Gasteiger partial charge in [-0.25, -0.2) is 9.67 Å². The second-order valence-corrected chi connectivity index (χ2v) is 18.6. The Morgan fingerprint density at radius 1 is 1.17 bits per heavy atom. The predicted molar refractivity (Wildman–Crippen MR) is 185 cm³/mol. The second kappa shape index (κ2) is 11.6. The van der Waals surface area contributed by atoms with Crippen LogP contribution in [0.5, 0.6) is 0 Å². The van der Waals surface area contributed by atoms with Crippen LogP contribution >= 0.6 is 0 Å². The van der Waals surface area contributed by atoms with Crippen molar-refractivity contribution in [1.29, 1.82) is 5.26 Å². The average molecular weight is 664 g/mol. The van der Waals surface area contributed by atoms with Gasteiger partial charge >= 0.3 is 5.97 Å². The number of nitrogens with zero attached hydrogens (tertiary/aromatic N) is 4. The van der Waals surface area contributed by atoms with E-state index in [4.69, 9.17) is 15.2 Å². The van der Waals surface area contributed by atoms with Crippen LogP contribution < -0.4 is 5.73 Å². The molecule has 266 valence electrons. The van der Waals surface area contributed by atoms with Crippen molar-refractivity contribution in [2.24, 2.45) is 68.3 Å². The average Bonchev–Trinajstić information content (AvgIpc) is 3.49. The first-order valence-corrected chi connectivity index (χ1v) is 18.6. The maximum Gasteiger partial charge on any atom is 0.307 e. The van der Waals surface area contributed by atoms with E-state index in [0.717, 1.165) is 38.5 Å². The summed E-state index contributed by atoms with van der Waals surface area (Å²) in [4.78, 5) is 17.8. The number of fused-ring (bicyclic) bond motifs is 3. The molecule has 0 amide bonds. The monoisotopic (exact) mass is 663 g/mol. The van der Waals surface area contributed by atoms with Crippen LogP contribution in [0.15, 0.2) is 18.0 Å². The summed E-state index contributed by atoms with van der Waals surface area (Å²) in [6, 6.07) is 2.07. The van der Waals surface area contributed by atoms with Crippen LogP contribution in [-0.2, 0) is 14.3 Å². The molecule has 1 saturated heterocycles. The Kier molecular flexibility index (Phi) is 8.61. The summed E-state index contributed by atoms with van der Waals surface area (Å²) in [7, 11) is 0. The van der Waals surface area contributed by atoms with Crippen molar-refractivity contribution in [2.45, 2.75) is 125 Å². The number of nitrogens with two attached hydrogens (primary N) is 1. The van der Waals surface area contributed by atoms with Gasteiger partial charge in [-0.05, 0) is 91.3 Å². The van der Waals surface area contributed by atoms with Crippen LogP contribution in [0.25, 0.3) is 0 Å². The Morgan fingerprint density at radius 3 is 2.50 bits per heavy atom. The lowest BCUT2D eigenvalue weighted by Crippen LogP contribution is -2.69. The van der Waals surface area contributed by atoms with E-state index >= 15 is 0 Å². The van der Waals surface area contributed by atoms with E-state index in [2.05, 4.69) is 84.5 Å². The zero-order chi connectivity index (χ0) is 35.2. The maximum absolute atomic E-state index is 13.4. The summed E-state index contributed by atoms with van der Waals surface area (Å²) in [5.74, 6) is 0.734. The third-order valence-electron chi connectivity index (χ3n) is 16.0. The highest BCUT2D eigenvalue weighted by atomic mass is 16.5. The van der Waals surface area contributed by atoms with Crippen LogP contribution in [0.2, 0.25) is 0 Å². The lowest BCUT2D eigenvalue weighted by atomic mass is 9.34. The fourth-order valence-corrected chi connectivity index (χ4v) is 12.1. The number of hydrogen-bond donors (Lipinski definition) is 2. The summed E-state index contributed by atoms with van der Waals surface area (Å²) in [6.45, 7) is 23.9. The van der Waals surface area contributed by atoms with Gasteiger partial charge in [0.1, 0.15) is 12.4 Å². The first-order valence-electron chi connectivity index (χ1n) is 18.6.